The van der Waals surface area contributed by atoms with Gasteiger partial charge in [0.2, 0.25) is 0 Å². The number of aryl methyl sites for hydroxylation is 1. The summed E-state index contributed by atoms with van der Waals surface area (Å²) >= 11 is 0. The molecule has 0 aromatic heterocycles. The second-order valence-corrected chi connectivity index (χ2v) is 7.74. The Bertz CT molecular complexity index is 876. The van der Waals surface area contributed by atoms with Crippen molar-refractivity contribution >= 4 is 31.8 Å². The fraction of sp³-hybridized carbons (Fsp3) is 0.333. The molecule has 0 saturated heterocycles. The van der Waals surface area contributed by atoms with Crippen LogP contribution in [0.2, 0.25) is 0 Å². The van der Waals surface area contributed by atoms with Gasteiger partial charge in [0, 0.05) is 11.1 Å². The Morgan fingerprint density at radius 1 is 0.917 bits per heavy atom. The molecule has 1 aliphatic carbocycles. The van der Waals surface area contributed by atoms with E-state index in [0.29, 0.717) is 5.56 Å². The van der Waals surface area contributed by atoms with Crippen LogP contribution < -0.4 is 59.1 Å². The molecular weight excluding hydrogens is 382 g/mol. The molecule has 24 heavy (non-hydrogen) atoms. The SMILES string of the molecule is CCc1cccc2c1C(=O)C(S(=O)(=O)[O-])C(S(=O)(=O)[O-])C2=O.[Na+].[Na+]. The van der Waals surface area contributed by atoms with Crippen LogP contribution in [-0.2, 0) is 26.7 Å². The smallest absolute Gasteiger partial charge is 0.747 e. The molecule has 0 N–H and O–H groups in total. The van der Waals surface area contributed by atoms with Gasteiger partial charge < -0.3 is 9.11 Å². The quantitative estimate of drug-likeness (QED) is 0.364. The van der Waals surface area contributed by atoms with Crippen LogP contribution in [0, 0.1) is 0 Å². The van der Waals surface area contributed by atoms with Crippen LogP contribution in [0.3, 0.4) is 0 Å². The second kappa shape index (κ2) is 8.38. The number of benzene rings is 1. The molecule has 0 bridgehead atoms. The second-order valence-electron chi connectivity index (χ2n) is 4.75. The molecule has 0 saturated carbocycles. The average Bonchev–Trinajstić information content (AvgIpc) is 2.38. The van der Waals surface area contributed by atoms with Crippen LogP contribution in [0.5, 0.6) is 0 Å². The monoisotopic (exact) mass is 392 g/mol. The molecule has 0 fully saturated rings. The van der Waals surface area contributed by atoms with Crippen molar-refractivity contribution in [2.24, 2.45) is 0 Å². The van der Waals surface area contributed by atoms with Gasteiger partial charge in [-0.05, 0) is 12.0 Å². The van der Waals surface area contributed by atoms with Crippen molar-refractivity contribution in [3.05, 3.63) is 34.9 Å². The van der Waals surface area contributed by atoms with Crippen LogP contribution in [0.15, 0.2) is 18.2 Å². The van der Waals surface area contributed by atoms with E-state index < -0.39 is 42.3 Å². The fourth-order valence-corrected chi connectivity index (χ4v) is 4.96. The van der Waals surface area contributed by atoms with Crippen molar-refractivity contribution in [2.45, 2.75) is 23.8 Å². The summed E-state index contributed by atoms with van der Waals surface area (Å²) < 4.78 is 67.5. The summed E-state index contributed by atoms with van der Waals surface area (Å²) in [6, 6.07) is 3.95. The first-order valence-electron chi connectivity index (χ1n) is 6.10. The first-order chi connectivity index (χ1) is 10.00. The van der Waals surface area contributed by atoms with Gasteiger partial charge in [0.05, 0.1) is 0 Å². The average molecular weight is 392 g/mol. The first-order valence-corrected chi connectivity index (χ1v) is 9.04. The standard InChI is InChI=1S/C12H12O8S2.2Na/c1-2-6-4-3-5-7-8(6)10(14)12(22(18,19)20)11(9(7)13)21(15,16)17;;/h3-5,11-12H,2H2,1H3,(H,15,16,17)(H,18,19,20);;/q;2*+1/p-2. The minimum absolute atomic E-state index is 0. The van der Waals surface area contributed by atoms with Crippen LogP contribution in [0.25, 0.3) is 0 Å². The summed E-state index contributed by atoms with van der Waals surface area (Å²) in [6.45, 7) is 1.63. The normalized spacial score (nSPS) is 20.6. The molecule has 0 spiro atoms. The minimum atomic E-state index is -5.51. The first kappa shape index (κ1) is 24.4. The van der Waals surface area contributed by atoms with E-state index in [1.165, 1.54) is 12.1 Å². The molecule has 0 amide bonds. The third-order valence-corrected chi connectivity index (χ3v) is 5.85. The maximum Gasteiger partial charge on any atom is 1.00 e. The number of rotatable bonds is 3. The maximum atomic E-state index is 12.3. The largest absolute Gasteiger partial charge is 1.00 e. The van der Waals surface area contributed by atoms with Gasteiger partial charge in [-0.25, -0.2) is 16.8 Å². The number of hydrogen-bond acceptors (Lipinski definition) is 8. The number of carbonyl (C=O) groups is 2. The summed E-state index contributed by atoms with van der Waals surface area (Å²) in [5, 5.41) is -5.50. The van der Waals surface area contributed by atoms with Gasteiger partial charge in [0.1, 0.15) is 30.7 Å². The number of hydrogen-bond donors (Lipinski definition) is 0. The minimum Gasteiger partial charge on any atom is -0.747 e. The number of fused-ring (bicyclic) bond motifs is 1. The maximum absolute atomic E-state index is 12.3. The van der Waals surface area contributed by atoms with Gasteiger partial charge in [0.25, 0.3) is 0 Å². The van der Waals surface area contributed by atoms with E-state index in [4.69, 9.17) is 0 Å². The van der Waals surface area contributed by atoms with Gasteiger partial charge in [0.15, 0.2) is 11.6 Å². The van der Waals surface area contributed by atoms with Gasteiger partial charge in [-0.15, -0.1) is 0 Å². The summed E-state index contributed by atoms with van der Waals surface area (Å²) in [7, 11) is -11.0. The van der Waals surface area contributed by atoms with Crippen LogP contribution in [0.4, 0.5) is 0 Å². The van der Waals surface area contributed by atoms with E-state index in [0.717, 1.165) is 6.07 Å². The summed E-state index contributed by atoms with van der Waals surface area (Å²) in [5.41, 5.74) is -0.362. The zero-order valence-electron chi connectivity index (χ0n) is 13.2. The molecular formula is C12H10Na2O8S2. The summed E-state index contributed by atoms with van der Waals surface area (Å²) in [4.78, 5) is 24.5. The van der Waals surface area contributed by atoms with Gasteiger partial charge in [-0.1, -0.05) is 25.1 Å². The summed E-state index contributed by atoms with van der Waals surface area (Å²) in [5.74, 6) is -2.67. The van der Waals surface area contributed by atoms with Crippen LogP contribution in [-0.4, -0.2) is 48.0 Å². The van der Waals surface area contributed by atoms with E-state index in [1.807, 2.05) is 0 Å². The molecule has 2 rings (SSSR count). The van der Waals surface area contributed by atoms with E-state index >= 15 is 0 Å². The molecule has 0 radical (unpaired) electrons. The number of ketones is 2. The van der Waals surface area contributed by atoms with Crippen molar-refractivity contribution in [1.29, 1.82) is 0 Å². The molecule has 1 aliphatic rings. The van der Waals surface area contributed by atoms with E-state index in [9.17, 15) is 35.5 Å². The molecule has 0 heterocycles. The molecule has 8 nitrogen and oxygen atoms in total. The Morgan fingerprint density at radius 2 is 1.38 bits per heavy atom. The number of carbonyl (C=O) groups excluding carboxylic acids is 2. The van der Waals surface area contributed by atoms with E-state index in [2.05, 4.69) is 0 Å². The molecule has 120 valence electrons. The zero-order valence-corrected chi connectivity index (χ0v) is 18.8. The topological polar surface area (TPSA) is 149 Å². The van der Waals surface area contributed by atoms with Crippen molar-refractivity contribution in [1.82, 2.24) is 0 Å². The predicted molar refractivity (Wildman–Crippen MR) is 71.5 cm³/mol. The Kier molecular flexibility index (Phi) is 8.51. The van der Waals surface area contributed by atoms with Crippen molar-refractivity contribution in [3.8, 4) is 0 Å². The van der Waals surface area contributed by atoms with E-state index in [-0.39, 0.29) is 76.7 Å². The van der Waals surface area contributed by atoms with Gasteiger partial charge in [-0.2, -0.15) is 0 Å². The van der Waals surface area contributed by atoms with Crippen molar-refractivity contribution < 1.29 is 94.6 Å². The van der Waals surface area contributed by atoms with Gasteiger partial charge in [-0.3, -0.25) is 9.59 Å². The fourth-order valence-electron chi connectivity index (χ4n) is 2.53. The molecule has 1 aromatic rings. The summed E-state index contributed by atoms with van der Waals surface area (Å²) in [6.07, 6.45) is 0.253. The number of Topliss-reactive ketones (excluding diaryl/α,β-unsaturated/α-hetero) is 2. The molecule has 12 heteroatoms. The van der Waals surface area contributed by atoms with Crippen molar-refractivity contribution in [2.75, 3.05) is 0 Å². The molecule has 0 aliphatic heterocycles. The third kappa shape index (κ3) is 4.37. The molecule has 2 unspecified atom stereocenters. The Balaban J connectivity index is 0.00000264. The third-order valence-electron chi connectivity index (χ3n) is 3.46. The molecule has 1 aromatic carbocycles. The Hall–Kier alpha value is 0.380. The Morgan fingerprint density at radius 3 is 1.79 bits per heavy atom. The van der Waals surface area contributed by atoms with Crippen LogP contribution in [0.1, 0.15) is 33.2 Å². The van der Waals surface area contributed by atoms with Crippen LogP contribution >= 0.6 is 0 Å². The predicted octanol–water partition coefficient (Wildman–Crippen LogP) is -6.54. The molecule has 2 atom stereocenters. The van der Waals surface area contributed by atoms with Gasteiger partial charge >= 0.3 is 59.1 Å². The zero-order chi connectivity index (χ0) is 16.9. The Labute approximate surface area is 183 Å². The van der Waals surface area contributed by atoms with Crippen molar-refractivity contribution in [3.63, 3.8) is 0 Å². The van der Waals surface area contributed by atoms with E-state index in [1.54, 1.807) is 6.92 Å².